The van der Waals surface area contributed by atoms with Gasteiger partial charge in [0, 0.05) is 11.6 Å². The Kier molecular flexibility index (Phi) is 8.71. The molecule has 0 aliphatic carbocycles. The number of hydrogen-bond donors (Lipinski definition) is 2. The molecular weight excluding hydrogens is 412 g/mol. The molecule has 0 saturated carbocycles. The molecule has 2 rings (SSSR count). The highest BCUT2D eigenvalue weighted by molar-refractivity contribution is 6.32. The van der Waals surface area contributed by atoms with Gasteiger partial charge in [0.2, 0.25) is 0 Å². The molecule has 0 radical (unpaired) electrons. The summed E-state index contributed by atoms with van der Waals surface area (Å²) < 4.78 is 15.5. The second-order valence-electron chi connectivity index (χ2n) is 5.78. The number of rotatable bonds is 8. The Morgan fingerprint density at radius 2 is 1.83 bits per heavy atom. The second-order valence-corrected chi connectivity index (χ2v) is 6.18. The lowest BCUT2D eigenvalue weighted by molar-refractivity contribution is -0.144. The summed E-state index contributed by atoms with van der Waals surface area (Å²) >= 11 is 6.15. The Morgan fingerprint density at radius 1 is 1.10 bits per heavy atom. The van der Waals surface area contributed by atoms with Gasteiger partial charge in [0.25, 0.3) is 11.8 Å². The van der Waals surface area contributed by atoms with E-state index in [1.807, 2.05) is 6.92 Å². The predicted octanol–water partition coefficient (Wildman–Crippen LogP) is 2.76. The van der Waals surface area contributed by atoms with Crippen LogP contribution in [-0.2, 0) is 14.3 Å². The fraction of sp³-hybridized carbons (Fsp3) is 0.190. The van der Waals surface area contributed by atoms with E-state index < -0.39 is 24.4 Å². The summed E-state index contributed by atoms with van der Waals surface area (Å²) in [6.45, 7) is 1.67. The quantitative estimate of drug-likeness (QED) is 0.377. The third-order valence-electron chi connectivity index (χ3n) is 3.64. The van der Waals surface area contributed by atoms with Crippen molar-refractivity contribution in [2.24, 2.45) is 0 Å². The first kappa shape index (κ1) is 22.8. The van der Waals surface area contributed by atoms with Crippen molar-refractivity contribution in [3.8, 4) is 11.5 Å². The highest BCUT2D eigenvalue weighted by Crippen LogP contribution is 2.36. The van der Waals surface area contributed by atoms with Crippen LogP contribution in [0.1, 0.15) is 22.8 Å². The van der Waals surface area contributed by atoms with Crippen LogP contribution in [0.25, 0.3) is 6.08 Å². The topological polar surface area (TPSA) is 103 Å². The first-order chi connectivity index (χ1) is 14.4. The molecule has 0 aliphatic heterocycles. The Bertz CT molecular complexity index is 931. The third kappa shape index (κ3) is 6.82. The van der Waals surface area contributed by atoms with Gasteiger partial charge in [-0.15, -0.1) is 0 Å². The predicted molar refractivity (Wildman–Crippen MR) is 111 cm³/mol. The maximum atomic E-state index is 11.8. The molecule has 0 saturated heterocycles. The fourth-order valence-electron chi connectivity index (χ4n) is 2.32. The molecular formula is C21H21ClN2O6. The van der Waals surface area contributed by atoms with E-state index in [9.17, 15) is 14.4 Å². The molecule has 0 bridgehead atoms. The zero-order valence-corrected chi connectivity index (χ0v) is 17.2. The average Bonchev–Trinajstić information content (AvgIpc) is 2.75. The number of amides is 2. The Labute approximate surface area is 178 Å². The number of methoxy groups -OCH3 is 1. The number of nitrogens with one attached hydrogen (secondary N) is 2. The van der Waals surface area contributed by atoms with Gasteiger partial charge in [-0.05, 0) is 42.8 Å². The minimum absolute atomic E-state index is 0.324. The van der Waals surface area contributed by atoms with Crippen LogP contribution in [0.2, 0.25) is 5.02 Å². The standard InChI is InChI=1S/C21H21ClN2O6/c1-3-29-17-12-14(11-16(22)20(17)28-2)9-10-19(26)30-13-18(25)23-24-21(27)15-7-5-4-6-8-15/h4-12H,3,13H2,1-2H3,(H,23,25)(H,24,27)/b10-9+. The van der Waals surface area contributed by atoms with Gasteiger partial charge >= 0.3 is 5.97 Å². The van der Waals surface area contributed by atoms with E-state index in [1.165, 1.54) is 13.2 Å². The molecule has 30 heavy (non-hydrogen) atoms. The van der Waals surface area contributed by atoms with Crippen molar-refractivity contribution < 1.29 is 28.6 Å². The average molecular weight is 433 g/mol. The third-order valence-corrected chi connectivity index (χ3v) is 3.93. The van der Waals surface area contributed by atoms with Crippen molar-refractivity contribution in [2.45, 2.75) is 6.92 Å². The largest absolute Gasteiger partial charge is 0.491 e. The highest BCUT2D eigenvalue weighted by Gasteiger charge is 2.11. The van der Waals surface area contributed by atoms with Crippen molar-refractivity contribution in [3.05, 3.63) is 64.7 Å². The summed E-state index contributed by atoms with van der Waals surface area (Å²) in [6, 6.07) is 11.6. The number of esters is 1. The molecule has 0 atom stereocenters. The van der Waals surface area contributed by atoms with E-state index in [0.29, 0.717) is 34.3 Å². The molecule has 0 unspecified atom stereocenters. The molecule has 0 fully saturated rings. The number of benzene rings is 2. The summed E-state index contributed by atoms with van der Waals surface area (Å²) in [5.41, 5.74) is 5.35. The second kappa shape index (κ2) is 11.5. The van der Waals surface area contributed by atoms with Gasteiger partial charge in [-0.25, -0.2) is 4.79 Å². The van der Waals surface area contributed by atoms with Crippen LogP contribution in [-0.4, -0.2) is 38.1 Å². The number of hydrazine groups is 1. The molecule has 0 aromatic heterocycles. The monoisotopic (exact) mass is 432 g/mol. The van der Waals surface area contributed by atoms with E-state index >= 15 is 0 Å². The fourth-order valence-corrected chi connectivity index (χ4v) is 2.61. The van der Waals surface area contributed by atoms with Crippen molar-refractivity contribution in [3.63, 3.8) is 0 Å². The van der Waals surface area contributed by atoms with Crippen LogP contribution in [0.4, 0.5) is 0 Å². The maximum Gasteiger partial charge on any atom is 0.331 e. The molecule has 9 heteroatoms. The van der Waals surface area contributed by atoms with E-state index in [0.717, 1.165) is 6.08 Å². The lowest BCUT2D eigenvalue weighted by atomic mass is 10.2. The van der Waals surface area contributed by atoms with Crippen molar-refractivity contribution in [1.29, 1.82) is 0 Å². The van der Waals surface area contributed by atoms with E-state index in [1.54, 1.807) is 42.5 Å². The number of ether oxygens (including phenoxy) is 3. The SMILES string of the molecule is CCOc1cc(/C=C/C(=O)OCC(=O)NNC(=O)c2ccccc2)cc(Cl)c1OC. The Hall–Kier alpha value is -3.52. The summed E-state index contributed by atoms with van der Waals surface area (Å²) in [6.07, 6.45) is 2.61. The molecule has 0 heterocycles. The summed E-state index contributed by atoms with van der Waals surface area (Å²) in [4.78, 5) is 35.4. The van der Waals surface area contributed by atoms with Gasteiger partial charge in [0.15, 0.2) is 18.1 Å². The first-order valence-corrected chi connectivity index (χ1v) is 9.31. The van der Waals surface area contributed by atoms with Crippen molar-refractivity contribution >= 4 is 35.5 Å². The normalized spacial score (nSPS) is 10.4. The summed E-state index contributed by atoms with van der Waals surface area (Å²) in [5.74, 6) is -1.09. The van der Waals surface area contributed by atoms with Crippen LogP contribution in [0.15, 0.2) is 48.5 Å². The number of hydrogen-bond acceptors (Lipinski definition) is 6. The summed E-state index contributed by atoms with van der Waals surface area (Å²) in [7, 11) is 1.48. The minimum atomic E-state index is -0.746. The molecule has 2 N–H and O–H groups in total. The molecule has 0 spiro atoms. The van der Waals surface area contributed by atoms with Gasteiger partial charge in [-0.3, -0.25) is 20.4 Å². The number of carbonyl (C=O) groups is 3. The van der Waals surface area contributed by atoms with Crippen molar-refractivity contribution in [2.75, 3.05) is 20.3 Å². The lowest BCUT2D eigenvalue weighted by Crippen LogP contribution is -2.43. The van der Waals surface area contributed by atoms with E-state index in [-0.39, 0.29) is 0 Å². The zero-order chi connectivity index (χ0) is 21.9. The van der Waals surface area contributed by atoms with Gasteiger partial charge in [-0.2, -0.15) is 0 Å². The number of halogens is 1. The van der Waals surface area contributed by atoms with Gasteiger partial charge in [0.05, 0.1) is 18.7 Å². The molecule has 2 aromatic rings. The molecule has 2 amide bonds. The van der Waals surface area contributed by atoms with Gasteiger partial charge < -0.3 is 14.2 Å². The zero-order valence-electron chi connectivity index (χ0n) is 16.4. The first-order valence-electron chi connectivity index (χ1n) is 8.94. The van der Waals surface area contributed by atoms with Crippen molar-refractivity contribution in [1.82, 2.24) is 10.9 Å². The smallest absolute Gasteiger partial charge is 0.331 e. The van der Waals surface area contributed by atoms with E-state index in [4.69, 9.17) is 25.8 Å². The summed E-state index contributed by atoms with van der Waals surface area (Å²) in [5, 5.41) is 0.324. The molecule has 2 aromatic carbocycles. The highest BCUT2D eigenvalue weighted by atomic mass is 35.5. The molecule has 158 valence electrons. The molecule has 0 aliphatic rings. The minimum Gasteiger partial charge on any atom is -0.491 e. The lowest BCUT2D eigenvalue weighted by Gasteiger charge is -2.11. The number of carbonyl (C=O) groups excluding carboxylic acids is 3. The van der Waals surface area contributed by atoms with Gasteiger partial charge in [0.1, 0.15) is 0 Å². The molecule has 8 nitrogen and oxygen atoms in total. The van der Waals surface area contributed by atoms with Crippen LogP contribution in [0.5, 0.6) is 11.5 Å². The maximum absolute atomic E-state index is 11.8. The van der Waals surface area contributed by atoms with Gasteiger partial charge in [-0.1, -0.05) is 29.8 Å². The van der Waals surface area contributed by atoms with Crippen LogP contribution < -0.4 is 20.3 Å². The Morgan fingerprint density at radius 3 is 2.50 bits per heavy atom. The van der Waals surface area contributed by atoms with E-state index in [2.05, 4.69) is 10.9 Å². The Balaban J connectivity index is 1.84. The van der Waals surface area contributed by atoms with Crippen LogP contribution in [0.3, 0.4) is 0 Å². The van der Waals surface area contributed by atoms with Crippen LogP contribution >= 0.6 is 11.6 Å². The van der Waals surface area contributed by atoms with Crippen LogP contribution in [0, 0.1) is 0 Å².